The molecule has 12 rings (SSSR count). The van der Waals surface area contributed by atoms with E-state index < -0.39 is 0 Å². The highest BCUT2D eigenvalue weighted by Gasteiger charge is 2.22. The molecule has 11 aromatic rings. The maximum absolute atomic E-state index is 5.10. The molecule has 3 heterocycles. The quantitative estimate of drug-likeness (QED) is 0.169. The van der Waals surface area contributed by atoms with Crippen molar-refractivity contribution in [3.05, 3.63) is 200 Å². The van der Waals surface area contributed by atoms with Gasteiger partial charge in [-0.25, -0.2) is 15.0 Å². The van der Waals surface area contributed by atoms with Gasteiger partial charge in [0, 0.05) is 37.4 Å². The van der Waals surface area contributed by atoms with Crippen molar-refractivity contribution in [2.45, 2.75) is 12.8 Å². The second-order valence-electron chi connectivity index (χ2n) is 15.5. The SMILES string of the molecule is C1=CCCC(c2nc(-c3ccccc3)nc(-c3ccc4c(c3)sc3c(-n5c6ccc(-c7ccccc7)cc6c6c7ccccc7c(-c7ccccc7)cc65)cccc34)n2)=C1. The number of allylic oxidation sites excluding steroid dienone is 4. The van der Waals surface area contributed by atoms with Crippen LogP contribution in [0.15, 0.2) is 194 Å². The molecule has 0 aliphatic heterocycles. The molecule has 0 bridgehead atoms. The molecule has 1 aliphatic rings. The molecule has 60 heavy (non-hydrogen) atoms. The first-order valence-corrected chi connectivity index (χ1v) is 21.3. The average molecular weight is 785 g/mol. The van der Waals surface area contributed by atoms with E-state index in [4.69, 9.17) is 15.0 Å². The maximum Gasteiger partial charge on any atom is 0.164 e. The van der Waals surface area contributed by atoms with Gasteiger partial charge in [-0.15, -0.1) is 11.3 Å². The van der Waals surface area contributed by atoms with Crippen LogP contribution in [-0.2, 0) is 0 Å². The third-order valence-corrected chi connectivity index (χ3v) is 13.1. The van der Waals surface area contributed by atoms with Gasteiger partial charge in [-0.2, -0.15) is 0 Å². The highest BCUT2D eigenvalue weighted by molar-refractivity contribution is 7.26. The Morgan fingerprint density at radius 3 is 1.88 bits per heavy atom. The van der Waals surface area contributed by atoms with Crippen molar-refractivity contribution < 1.29 is 0 Å². The van der Waals surface area contributed by atoms with E-state index in [1.807, 2.05) is 29.5 Å². The van der Waals surface area contributed by atoms with Crippen LogP contribution in [0.2, 0.25) is 0 Å². The van der Waals surface area contributed by atoms with Crippen molar-refractivity contribution in [2.75, 3.05) is 0 Å². The molecule has 0 N–H and O–H groups in total. The van der Waals surface area contributed by atoms with Crippen molar-refractivity contribution in [3.63, 3.8) is 0 Å². The van der Waals surface area contributed by atoms with Gasteiger partial charge in [0.2, 0.25) is 0 Å². The number of hydrogen-bond acceptors (Lipinski definition) is 4. The van der Waals surface area contributed by atoms with Crippen molar-refractivity contribution in [2.24, 2.45) is 0 Å². The third kappa shape index (κ3) is 5.70. The number of thiophene rings is 1. The van der Waals surface area contributed by atoms with E-state index in [1.165, 1.54) is 80.7 Å². The summed E-state index contributed by atoms with van der Waals surface area (Å²) in [6.07, 6.45) is 8.32. The first-order valence-electron chi connectivity index (χ1n) is 20.5. The fourth-order valence-corrected chi connectivity index (χ4v) is 10.3. The average Bonchev–Trinajstić information content (AvgIpc) is 3.87. The number of aromatic nitrogens is 4. The molecule has 8 aromatic carbocycles. The van der Waals surface area contributed by atoms with Gasteiger partial charge >= 0.3 is 0 Å². The van der Waals surface area contributed by atoms with Crippen LogP contribution in [0.5, 0.6) is 0 Å². The predicted molar refractivity (Wildman–Crippen MR) is 253 cm³/mol. The molecule has 0 spiro atoms. The Morgan fingerprint density at radius 2 is 1.12 bits per heavy atom. The predicted octanol–water partition coefficient (Wildman–Crippen LogP) is 14.9. The van der Waals surface area contributed by atoms with E-state index in [0.717, 1.165) is 35.4 Å². The van der Waals surface area contributed by atoms with Gasteiger partial charge in [0.15, 0.2) is 17.5 Å². The summed E-state index contributed by atoms with van der Waals surface area (Å²) in [4.78, 5) is 15.2. The van der Waals surface area contributed by atoms with Crippen LogP contribution in [0.4, 0.5) is 0 Å². The molecular formula is C55H36N4S. The zero-order valence-electron chi connectivity index (χ0n) is 32.6. The highest BCUT2D eigenvalue weighted by atomic mass is 32.1. The summed E-state index contributed by atoms with van der Waals surface area (Å²) >= 11 is 1.84. The van der Waals surface area contributed by atoms with Crippen molar-refractivity contribution >= 4 is 69.7 Å². The van der Waals surface area contributed by atoms with E-state index in [2.05, 4.69) is 181 Å². The minimum Gasteiger partial charge on any atom is -0.308 e. The molecule has 0 radical (unpaired) electrons. The lowest BCUT2D eigenvalue weighted by atomic mass is 9.94. The summed E-state index contributed by atoms with van der Waals surface area (Å²) in [5, 5.41) is 7.47. The zero-order valence-corrected chi connectivity index (χ0v) is 33.4. The second-order valence-corrected chi connectivity index (χ2v) is 16.5. The summed E-state index contributed by atoms with van der Waals surface area (Å²) in [6.45, 7) is 0. The van der Waals surface area contributed by atoms with Crippen LogP contribution < -0.4 is 0 Å². The fraction of sp³-hybridized carbons (Fsp3) is 0.0364. The van der Waals surface area contributed by atoms with E-state index in [1.54, 1.807) is 0 Å². The van der Waals surface area contributed by atoms with Crippen LogP contribution in [0.25, 0.3) is 109 Å². The Hall–Kier alpha value is -7.47. The lowest BCUT2D eigenvalue weighted by molar-refractivity contribution is 0.978. The summed E-state index contributed by atoms with van der Waals surface area (Å²) in [5.74, 6) is 2.12. The number of hydrogen-bond donors (Lipinski definition) is 0. The molecule has 0 saturated carbocycles. The van der Waals surface area contributed by atoms with Gasteiger partial charge in [-0.1, -0.05) is 164 Å². The van der Waals surface area contributed by atoms with Crippen molar-refractivity contribution in [1.29, 1.82) is 0 Å². The number of nitrogens with zero attached hydrogens (tertiary/aromatic N) is 4. The van der Waals surface area contributed by atoms with E-state index >= 15 is 0 Å². The van der Waals surface area contributed by atoms with Gasteiger partial charge in [-0.05, 0) is 81.8 Å². The summed E-state index contributed by atoms with van der Waals surface area (Å²) < 4.78 is 4.94. The molecule has 3 aromatic heterocycles. The minimum absolute atomic E-state index is 0.686. The van der Waals surface area contributed by atoms with Gasteiger partial charge in [0.05, 0.1) is 21.4 Å². The lowest BCUT2D eigenvalue weighted by Crippen LogP contribution is -2.03. The maximum atomic E-state index is 5.10. The van der Waals surface area contributed by atoms with Crippen LogP contribution in [0.3, 0.4) is 0 Å². The molecule has 4 nitrogen and oxygen atoms in total. The molecule has 0 fully saturated rings. The third-order valence-electron chi connectivity index (χ3n) is 11.9. The summed E-state index contributed by atoms with van der Waals surface area (Å²) in [6, 6.07) is 63.5. The Labute approximate surface area is 351 Å². The molecule has 5 heteroatoms. The van der Waals surface area contributed by atoms with E-state index in [9.17, 15) is 0 Å². The second kappa shape index (κ2) is 14.1. The molecule has 282 valence electrons. The topological polar surface area (TPSA) is 43.6 Å². The molecule has 1 aliphatic carbocycles. The van der Waals surface area contributed by atoms with Crippen LogP contribution in [0, 0.1) is 0 Å². The zero-order chi connectivity index (χ0) is 39.6. The van der Waals surface area contributed by atoms with Gasteiger partial charge in [0.25, 0.3) is 0 Å². The Kier molecular flexibility index (Phi) is 8.13. The smallest absolute Gasteiger partial charge is 0.164 e. The summed E-state index contributed by atoms with van der Waals surface area (Å²) in [7, 11) is 0. The van der Waals surface area contributed by atoms with E-state index in [-0.39, 0.29) is 0 Å². The van der Waals surface area contributed by atoms with Crippen LogP contribution in [-0.4, -0.2) is 19.5 Å². The Morgan fingerprint density at radius 1 is 0.450 bits per heavy atom. The normalized spacial score (nSPS) is 12.9. The molecule has 0 amide bonds. The van der Waals surface area contributed by atoms with Crippen LogP contribution in [0.1, 0.15) is 18.7 Å². The Bertz CT molecular complexity index is 3530. The van der Waals surface area contributed by atoms with Gasteiger partial charge in [0.1, 0.15) is 0 Å². The highest BCUT2D eigenvalue weighted by Crippen LogP contribution is 2.46. The Balaban J connectivity index is 1.10. The van der Waals surface area contributed by atoms with Gasteiger partial charge < -0.3 is 4.57 Å². The molecular weight excluding hydrogens is 749 g/mol. The fourth-order valence-electron chi connectivity index (χ4n) is 9.06. The van der Waals surface area contributed by atoms with Crippen LogP contribution >= 0.6 is 11.3 Å². The minimum atomic E-state index is 0.686. The molecule has 0 unspecified atom stereocenters. The first kappa shape index (κ1) is 34.6. The molecule has 0 atom stereocenters. The van der Waals surface area contributed by atoms with Crippen molar-refractivity contribution in [3.8, 4) is 50.7 Å². The molecule has 0 saturated heterocycles. The van der Waals surface area contributed by atoms with Gasteiger partial charge in [-0.3, -0.25) is 0 Å². The largest absolute Gasteiger partial charge is 0.308 e. The summed E-state index contributed by atoms with van der Waals surface area (Å²) in [5.41, 5.74) is 11.5. The lowest BCUT2D eigenvalue weighted by Gasteiger charge is -2.13. The first-order chi connectivity index (χ1) is 29.7. The van der Waals surface area contributed by atoms with Crippen molar-refractivity contribution in [1.82, 2.24) is 19.5 Å². The van der Waals surface area contributed by atoms with E-state index in [0.29, 0.717) is 11.6 Å². The number of rotatable bonds is 6. The number of benzene rings is 8. The standard InChI is InChI=1S/C55H36N4S/c1-5-16-35(17-6-1)39-29-31-47-46(32-39)51-43-25-14-13-24-41(43)45(36-18-7-2-8-19-36)34-49(51)59(47)48-27-15-26-44-42-30-28-40(33-50(42)60-52(44)48)55-57-53(37-20-9-3-10-21-37)56-54(58-55)38-22-11-4-12-23-38/h1-11,13-22,24-34H,12,23H2. The monoisotopic (exact) mass is 784 g/mol. The number of fused-ring (bicyclic) bond motifs is 8.